The third-order valence-electron chi connectivity index (χ3n) is 5.55. The van der Waals surface area contributed by atoms with Gasteiger partial charge in [-0.15, -0.1) is 0 Å². The van der Waals surface area contributed by atoms with Crippen molar-refractivity contribution in [3.63, 3.8) is 0 Å². The van der Waals surface area contributed by atoms with E-state index in [1.807, 2.05) is 6.07 Å². The molecule has 2 heterocycles. The van der Waals surface area contributed by atoms with E-state index in [9.17, 15) is 0 Å². The second-order valence-electron chi connectivity index (χ2n) is 7.83. The highest BCUT2D eigenvalue weighted by atomic mass is 16.5. The van der Waals surface area contributed by atoms with Gasteiger partial charge in [-0.1, -0.05) is 6.07 Å². The van der Waals surface area contributed by atoms with Crippen molar-refractivity contribution in [3.8, 4) is 5.88 Å². The van der Waals surface area contributed by atoms with Gasteiger partial charge in [0.1, 0.15) is 6.10 Å². The topological polar surface area (TPSA) is 77.0 Å². The molecule has 2 N–H and O–H groups in total. The lowest BCUT2D eigenvalue weighted by atomic mass is 10.0. The standard InChI is InChI=1S/C22H36N4O3/c1-23-22(25-12-5-13-28-17-18-9-14-27-15-10-18)26-16-19-6-4-11-24-21(19)29-20-7-2-3-8-20/h4,6,11,18,20H,2-3,5,7-10,12-17H2,1H3,(H2,23,25,26). The van der Waals surface area contributed by atoms with Crippen molar-refractivity contribution in [3.05, 3.63) is 23.9 Å². The lowest BCUT2D eigenvalue weighted by Gasteiger charge is -2.21. The minimum absolute atomic E-state index is 0.308. The molecule has 0 amide bonds. The number of ether oxygens (including phenoxy) is 3. The number of guanidine groups is 1. The molecule has 3 rings (SSSR count). The van der Waals surface area contributed by atoms with Gasteiger partial charge in [0.25, 0.3) is 0 Å². The third-order valence-corrected chi connectivity index (χ3v) is 5.55. The summed E-state index contributed by atoms with van der Waals surface area (Å²) in [6.45, 7) is 4.83. The van der Waals surface area contributed by atoms with E-state index in [1.54, 1.807) is 13.2 Å². The molecule has 29 heavy (non-hydrogen) atoms. The van der Waals surface area contributed by atoms with Gasteiger partial charge in [0.15, 0.2) is 5.96 Å². The largest absolute Gasteiger partial charge is 0.474 e. The van der Waals surface area contributed by atoms with E-state index in [1.165, 1.54) is 12.8 Å². The predicted molar refractivity (Wildman–Crippen MR) is 114 cm³/mol. The number of pyridine rings is 1. The molecule has 0 spiro atoms. The maximum absolute atomic E-state index is 6.11. The van der Waals surface area contributed by atoms with E-state index in [0.717, 1.165) is 82.5 Å². The van der Waals surface area contributed by atoms with Crippen molar-refractivity contribution in [1.82, 2.24) is 15.6 Å². The Labute approximate surface area is 174 Å². The summed E-state index contributed by atoms with van der Waals surface area (Å²) in [5.41, 5.74) is 1.06. The average Bonchev–Trinajstić information content (AvgIpc) is 3.27. The van der Waals surface area contributed by atoms with Crippen LogP contribution >= 0.6 is 0 Å². The molecule has 1 saturated heterocycles. The molecule has 0 atom stereocenters. The van der Waals surface area contributed by atoms with Crippen LogP contribution in [0.1, 0.15) is 50.5 Å². The van der Waals surface area contributed by atoms with Crippen molar-refractivity contribution >= 4 is 5.96 Å². The van der Waals surface area contributed by atoms with Crippen LogP contribution in [0.15, 0.2) is 23.3 Å². The Kier molecular flexibility index (Phi) is 9.53. The Morgan fingerprint density at radius 3 is 2.83 bits per heavy atom. The van der Waals surface area contributed by atoms with Gasteiger partial charge < -0.3 is 24.8 Å². The van der Waals surface area contributed by atoms with E-state index in [2.05, 4.69) is 26.7 Å². The molecule has 0 radical (unpaired) electrons. The Morgan fingerprint density at radius 2 is 2.03 bits per heavy atom. The first-order valence-electron chi connectivity index (χ1n) is 11.1. The SMILES string of the molecule is CN=C(NCCCOCC1CCOCC1)NCc1cccnc1OC1CCCC1. The molecule has 2 fully saturated rings. The smallest absolute Gasteiger partial charge is 0.218 e. The number of hydrogen-bond donors (Lipinski definition) is 2. The van der Waals surface area contributed by atoms with Crippen molar-refractivity contribution in [2.24, 2.45) is 10.9 Å². The highest BCUT2D eigenvalue weighted by Gasteiger charge is 2.18. The normalized spacial score (nSPS) is 18.7. The number of nitrogens with one attached hydrogen (secondary N) is 2. The van der Waals surface area contributed by atoms with Crippen LogP contribution in [0, 0.1) is 5.92 Å². The first-order valence-corrected chi connectivity index (χ1v) is 11.1. The molecule has 1 aromatic rings. The van der Waals surface area contributed by atoms with Crippen molar-refractivity contribution < 1.29 is 14.2 Å². The number of rotatable bonds is 10. The zero-order chi connectivity index (χ0) is 20.2. The maximum Gasteiger partial charge on any atom is 0.218 e. The van der Waals surface area contributed by atoms with Crippen LogP contribution in [-0.4, -0.2) is 57.1 Å². The summed E-state index contributed by atoms with van der Waals surface area (Å²) in [6, 6.07) is 4.01. The van der Waals surface area contributed by atoms with Crippen LogP contribution in [0.25, 0.3) is 0 Å². The Balaban J connectivity index is 1.32. The highest BCUT2D eigenvalue weighted by Crippen LogP contribution is 2.24. The summed E-state index contributed by atoms with van der Waals surface area (Å²) < 4.78 is 17.3. The zero-order valence-electron chi connectivity index (χ0n) is 17.7. The van der Waals surface area contributed by atoms with Crippen LogP contribution in [0.2, 0.25) is 0 Å². The monoisotopic (exact) mass is 404 g/mol. The van der Waals surface area contributed by atoms with Gasteiger partial charge in [0.2, 0.25) is 5.88 Å². The average molecular weight is 405 g/mol. The minimum Gasteiger partial charge on any atom is -0.474 e. The van der Waals surface area contributed by atoms with E-state index in [-0.39, 0.29) is 0 Å². The van der Waals surface area contributed by atoms with Crippen molar-refractivity contribution in [2.75, 3.05) is 40.0 Å². The Morgan fingerprint density at radius 1 is 1.21 bits per heavy atom. The summed E-state index contributed by atoms with van der Waals surface area (Å²) >= 11 is 0. The first-order chi connectivity index (χ1) is 14.3. The summed E-state index contributed by atoms with van der Waals surface area (Å²) in [5.74, 6) is 2.18. The van der Waals surface area contributed by atoms with Crippen molar-refractivity contribution in [1.29, 1.82) is 0 Å². The molecule has 2 aliphatic rings. The molecule has 1 saturated carbocycles. The Bertz CT molecular complexity index is 614. The van der Waals surface area contributed by atoms with E-state index in [0.29, 0.717) is 18.6 Å². The molecule has 7 nitrogen and oxygen atoms in total. The van der Waals surface area contributed by atoms with Gasteiger partial charge in [-0.2, -0.15) is 0 Å². The van der Waals surface area contributed by atoms with Crippen LogP contribution in [0.3, 0.4) is 0 Å². The van der Waals surface area contributed by atoms with Crippen LogP contribution in [-0.2, 0) is 16.0 Å². The quantitative estimate of drug-likeness (QED) is 0.355. The van der Waals surface area contributed by atoms with Crippen LogP contribution in [0.5, 0.6) is 5.88 Å². The molecule has 1 aliphatic carbocycles. The lowest BCUT2D eigenvalue weighted by molar-refractivity contribution is 0.0203. The summed E-state index contributed by atoms with van der Waals surface area (Å²) in [5, 5.41) is 6.71. The van der Waals surface area contributed by atoms with Gasteiger partial charge in [-0.3, -0.25) is 4.99 Å². The molecule has 7 heteroatoms. The molecule has 0 aromatic carbocycles. The maximum atomic E-state index is 6.11. The fourth-order valence-corrected chi connectivity index (χ4v) is 3.77. The van der Waals surface area contributed by atoms with Gasteiger partial charge in [-0.25, -0.2) is 4.98 Å². The summed E-state index contributed by atoms with van der Waals surface area (Å²) in [6.07, 6.45) is 10.1. The number of hydrogen-bond acceptors (Lipinski definition) is 5. The van der Waals surface area contributed by atoms with Gasteiger partial charge >= 0.3 is 0 Å². The van der Waals surface area contributed by atoms with E-state index < -0.39 is 0 Å². The van der Waals surface area contributed by atoms with Crippen LogP contribution < -0.4 is 15.4 Å². The molecule has 162 valence electrons. The lowest BCUT2D eigenvalue weighted by Crippen LogP contribution is -2.37. The fourth-order valence-electron chi connectivity index (χ4n) is 3.77. The molecule has 0 bridgehead atoms. The number of aromatic nitrogens is 1. The molecule has 0 unspecified atom stereocenters. The molecular formula is C22H36N4O3. The number of nitrogens with zero attached hydrogens (tertiary/aromatic N) is 2. The van der Waals surface area contributed by atoms with E-state index in [4.69, 9.17) is 14.2 Å². The van der Waals surface area contributed by atoms with Gasteiger partial charge in [-0.05, 0) is 56.9 Å². The van der Waals surface area contributed by atoms with Crippen LogP contribution in [0.4, 0.5) is 0 Å². The zero-order valence-corrected chi connectivity index (χ0v) is 17.7. The van der Waals surface area contributed by atoms with Gasteiger partial charge in [0, 0.05) is 58.3 Å². The summed E-state index contributed by atoms with van der Waals surface area (Å²) in [4.78, 5) is 8.74. The van der Waals surface area contributed by atoms with E-state index >= 15 is 0 Å². The molecule has 1 aromatic heterocycles. The highest BCUT2D eigenvalue weighted by molar-refractivity contribution is 5.79. The predicted octanol–water partition coefficient (Wildman–Crippen LogP) is 2.90. The second kappa shape index (κ2) is 12.6. The van der Waals surface area contributed by atoms with Crippen molar-refractivity contribution in [2.45, 2.75) is 57.6 Å². The molecular weight excluding hydrogens is 368 g/mol. The number of aliphatic imine (C=N–C) groups is 1. The Hall–Kier alpha value is -1.86. The third kappa shape index (κ3) is 7.82. The first kappa shape index (κ1) is 21.8. The second-order valence-corrected chi connectivity index (χ2v) is 7.83. The fraction of sp³-hybridized carbons (Fsp3) is 0.727. The minimum atomic E-state index is 0.308. The van der Waals surface area contributed by atoms with Gasteiger partial charge in [0.05, 0.1) is 0 Å². The summed E-state index contributed by atoms with van der Waals surface area (Å²) in [7, 11) is 1.79. The molecule has 1 aliphatic heterocycles.